The van der Waals surface area contributed by atoms with Gasteiger partial charge in [-0.25, -0.2) is 14.8 Å². The minimum Gasteiger partial charge on any atom is -0.475 e. The van der Waals surface area contributed by atoms with Gasteiger partial charge in [0, 0.05) is 37.2 Å². The number of nitrogens with one attached hydrogen (secondary N) is 1. The third-order valence-corrected chi connectivity index (χ3v) is 5.26. The highest BCUT2D eigenvalue weighted by atomic mass is 19.4. The molecular formula is C21H23F3N4O4. The molecule has 0 unspecified atom stereocenters. The summed E-state index contributed by atoms with van der Waals surface area (Å²) in [6, 6.07) is 11.5. The van der Waals surface area contributed by atoms with E-state index in [0.717, 1.165) is 31.4 Å². The zero-order chi connectivity index (χ0) is 23.2. The fourth-order valence-corrected chi connectivity index (χ4v) is 3.77. The van der Waals surface area contributed by atoms with Gasteiger partial charge in [0.15, 0.2) is 0 Å². The molecule has 172 valence electrons. The Hall–Kier alpha value is -3.21. The number of nitrogens with zero attached hydrogens (tertiary/aromatic N) is 3. The minimum atomic E-state index is -5.08. The Kier molecular flexibility index (Phi) is 7.29. The van der Waals surface area contributed by atoms with Crippen LogP contribution < -0.4 is 5.32 Å². The molecule has 4 rings (SSSR count). The second-order valence-corrected chi connectivity index (χ2v) is 7.58. The predicted molar refractivity (Wildman–Crippen MR) is 108 cm³/mol. The lowest BCUT2D eigenvalue weighted by atomic mass is 9.89. The molecule has 0 saturated carbocycles. The summed E-state index contributed by atoms with van der Waals surface area (Å²) < 4.78 is 37.9. The van der Waals surface area contributed by atoms with Gasteiger partial charge in [0.2, 0.25) is 5.95 Å². The molecule has 2 aliphatic heterocycles. The molecule has 2 atom stereocenters. The molecule has 11 heteroatoms. The Labute approximate surface area is 182 Å². The Morgan fingerprint density at radius 2 is 1.81 bits per heavy atom. The molecule has 2 aliphatic rings. The number of carbonyl (C=O) groups excluding carboxylic acids is 1. The smallest absolute Gasteiger partial charge is 0.475 e. The van der Waals surface area contributed by atoms with Crippen molar-refractivity contribution in [1.29, 1.82) is 0 Å². The van der Waals surface area contributed by atoms with Gasteiger partial charge < -0.3 is 20.1 Å². The second-order valence-electron chi connectivity index (χ2n) is 7.58. The van der Waals surface area contributed by atoms with E-state index < -0.39 is 12.1 Å². The van der Waals surface area contributed by atoms with Crippen molar-refractivity contribution in [3.05, 3.63) is 54.4 Å². The maximum absolute atomic E-state index is 12.7. The van der Waals surface area contributed by atoms with Crippen LogP contribution >= 0.6 is 0 Å². The van der Waals surface area contributed by atoms with E-state index >= 15 is 0 Å². The normalized spacial score (nSPS) is 22.7. The van der Waals surface area contributed by atoms with Crippen LogP contribution in [0.4, 0.5) is 19.1 Å². The largest absolute Gasteiger partial charge is 0.490 e. The molecule has 8 nitrogen and oxygen atoms in total. The molecule has 2 saturated heterocycles. The number of benzene rings is 1. The highest BCUT2D eigenvalue weighted by molar-refractivity contribution is 5.94. The van der Waals surface area contributed by atoms with Crippen LogP contribution in [0.1, 0.15) is 29.6 Å². The van der Waals surface area contributed by atoms with E-state index in [2.05, 4.69) is 15.3 Å². The summed E-state index contributed by atoms with van der Waals surface area (Å²) in [5.41, 5.74) is 0.484. The molecular weight excluding hydrogens is 429 g/mol. The Bertz CT molecular complexity index is 914. The Balaban J connectivity index is 0.000000360. The summed E-state index contributed by atoms with van der Waals surface area (Å²) in [7, 11) is 0. The predicted octanol–water partition coefficient (Wildman–Crippen LogP) is 2.99. The standard InChI is InChI=1S/C19H22N4O2.C2HF3O2/c24-17(15-5-2-1-3-6-15)23-11-8-19(14-23)13-16(7-12-25-19)22-18-20-9-4-10-21-18;3-2(4,5)1(6)7/h1-6,9-10,16H,7-8,11-14H2,(H,20,21,22);(H,6,7)/t16-,19-;/m1./s1. The zero-order valence-electron chi connectivity index (χ0n) is 17.1. The van der Waals surface area contributed by atoms with Crippen LogP contribution in [-0.2, 0) is 9.53 Å². The van der Waals surface area contributed by atoms with Crippen LogP contribution in [0.3, 0.4) is 0 Å². The molecule has 3 heterocycles. The minimum absolute atomic E-state index is 0.0857. The van der Waals surface area contributed by atoms with Crippen molar-refractivity contribution < 1.29 is 32.6 Å². The van der Waals surface area contributed by atoms with E-state index in [-0.39, 0.29) is 17.6 Å². The number of hydrogen-bond donors (Lipinski definition) is 2. The van der Waals surface area contributed by atoms with Crippen LogP contribution in [0.25, 0.3) is 0 Å². The number of halogens is 3. The van der Waals surface area contributed by atoms with Crippen molar-refractivity contribution in [2.45, 2.75) is 37.1 Å². The van der Waals surface area contributed by atoms with Crippen LogP contribution in [0.5, 0.6) is 0 Å². The number of carbonyl (C=O) groups is 2. The highest BCUT2D eigenvalue weighted by Gasteiger charge is 2.45. The first-order chi connectivity index (χ1) is 15.2. The van der Waals surface area contributed by atoms with Crippen molar-refractivity contribution in [2.24, 2.45) is 0 Å². The van der Waals surface area contributed by atoms with Gasteiger partial charge in [0.25, 0.3) is 5.91 Å². The summed E-state index contributed by atoms with van der Waals surface area (Å²) in [5.74, 6) is -2.02. The van der Waals surface area contributed by atoms with Gasteiger partial charge in [0.05, 0.1) is 12.1 Å². The van der Waals surface area contributed by atoms with Gasteiger partial charge in [-0.1, -0.05) is 18.2 Å². The van der Waals surface area contributed by atoms with E-state index in [4.69, 9.17) is 14.6 Å². The molecule has 2 fully saturated rings. The number of carboxylic acid groups (broad SMARTS) is 1. The molecule has 0 radical (unpaired) electrons. The molecule has 2 aromatic rings. The van der Waals surface area contributed by atoms with Crippen LogP contribution in [0, 0.1) is 0 Å². The van der Waals surface area contributed by atoms with Crippen LogP contribution in [0.15, 0.2) is 48.8 Å². The fraction of sp³-hybridized carbons (Fsp3) is 0.429. The summed E-state index contributed by atoms with van der Waals surface area (Å²) in [6.07, 6.45) is 1.05. The van der Waals surface area contributed by atoms with E-state index in [1.54, 1.807) is 18.5 Å². The number of ether oxygens (including phenoxy) is 1. The number of alkyl halides is 3. The van der Waals surface area contributed by atoms with Gasteiger partial charge in [-0.2, -0.15) is 13.2 Å². The molecule has 1 amide bonds. The summed E-state index contributed by atoms with van der Waals surface area (Å²) >= 11 is 0. The molecule has 1 aromatic carbocycles. The first-order valence-electron chi connectivity index (χ1n) is 10.0. The monoisotopic (exact) mass is 452 g/mol. The van der Waals surface area contributed by atoms with Crippen molar-refractivity contribution in [3.63, 3.8) is 0 Å². The lowest BCUT2D eigenvalue weighted by Crippen LogP contribution is -2.47. The van der Waals surface area contributed by atoms with E-state index in [0.29, 0.717) is 19.1 Å². The maximum atomic E-state index is 12.7. The SMILES string of the molecule is O=C(O)C(F)(F)F.O=C(c1ccccc1)N1CC[C@@]2(C[C@H](Nc3ncccn3)CCO2)C1. The number of carboxylic acids is 1. The van der Waals surface area contributed by atoms with Crippen molar-refractivity contribution in [3.8, 4) is 0 Å². The lowest BCUT2D eigenvalue weighted by molar-refractivity contribution is -0.192. The summed E-state index contributed by atoms with van der Waals surface area (Å²) in [5, 5.41) is 10.5. The van der Waals surface area contributed by atoms with E-state index in [1.165, 1.54) is 0 Å². The first-order valence-corrected chi connectivity index (χ1v) is 10.0. The van der Waals surface area contributed by atoms with Gasteiger partial charge in [-0.05, 0) is 37.5 Å². The average molecular weight is 452 g/mol. The topological polar surface area (TPSA) is 105 Å². The Morgan fingerprint density at radius 3 is 2.44 bits per heavy atom. The first kappa shape index (κ1) is 23.5. The number of likely N-dealkylation sites (tertiary alicyclic amines) is 1. The molecule has 1 aromatic heterocycles. The van der Waals surface area contributed by atoms with Gasteiger partial charge >= 0.3 is 12.1 Å². The quantitative estimate of drug-likeness (QED) is 0.738. The second kappa shape index (κ2) is 9.94. The fourth-order valence-electron chi connectivity index (χ4n) is 3.77. The zero-order valence-corrected chi connectivity index (χ0v) is 17.1. The molecule has 32 heavy (non-hydrogen) atoms. The maximum Gasteiger partial charge on any atom is 0.490 e. The van der Waals surface area contributed by atoms with Crippen molar-refractivity contribution >= 4 is 17.8 Å². The van der Waals surface area contributed by atoms with Crippen molar-refractivity contribution in [2.75, 3.05) is 25.0 Å². The summed E-state index contributed by atoms with van der Waals surface area (Å²) in [6.45, 7) is 2.08. The molecule has 0 aliphatic carbocycles. The average Bonchev–Trinajstić information content (AvgIpc) is 3.17. The van der Waals surface area contributed by atoms with Gasteiger partial charge in [-0.3, -0.25) is 4.79 Å². The Morgan fingerprint density at radius 1 is 1.16 bits per heavy atom. The lowest BCUT2D eigenvalue weighted by Gasteiger charge is -2.38. The number of hydrogen-bond acceptors (Lipinski definition) is 6. The number of aliphatic carboxylic acids is 1. The number of aromatic nitrogens is 2. The summed E-state index contributed by atoms with van der Waals surface area (Å²) in [4.78, 5) is 32.0. The number of amides is 1. The number of rotatable bonds is 3. The van der Waals surface area contributed by atoms with Crippen LogP contribution in [0.2, 0.25) is 0 Å². The number of anilines is 1. The molecule has 1 spiro atoms. The highest BCUT2D eigenvalue weighted by Crippen LogP contribution is 2.35. The molecule has 0 bridgehead atoms. The molecule has 2 N–H and O–H groups in total. The third kappa shape index (κ3) is 6.16. The third-order valence-electron chi connectivity index (χ3n) is 5.26. The van der Waals surface area contributed by atoms with E-state index in [9.17, 15) is 18.0 Å². The van der Waals surface area contributed by atoms with E-state index in [1.807, 2.05) is 35.2 Å². The van der Waals surface area contributed by atoms with Gasteiger partial charge in [0.1, 0.15) is 0 Å². The van der Waals surface area contributed by atoms with Gasteiger partial charge in [-0.15, -0.1) is 0 Å². The van der Waals surface area contributed by atoms with Crippen molar-refractivity contribution in [1.82, 2.24) is 14.9 Å². The van der Waals surface area contributed by atoms with Crippen LogP contribution in [-0.4, -0.2) is 69.4 Å².